The quantitative estimate of drug-likeness (QED) is 0.578. The van der Waals surface area contributed by atoms with Crippen LogP contribution in [-0.2, 0) is 21.3 Å². The molecule has 8 heteroatoms. The number of amides is 1. The van der Waals surface area contributed by atoms with E-state index < -0.39 is 15.9 Å². The fraction of sp³-hybridized carbons (Fsp3) is 0.312. The van der Waals surface area contributed by atoms with Crippen molar-refractivity contribution in [3.63, 3.8) is 0 Å². The van der Waals surface area contributed by atoms with Gasteiger partial charge in [-0.25, -0.2) is 18.2 Å². The lowest BCUT2D eigenvalue weighted by molar-refractivity contribution is 0.0301. The fourth-order valence-electron chi connectivity index (χ4n) is 1.94. The molecule has 0 fully saturated rings. The highest BCUT2D eigenvalue weighted by atomic mass is 32.2. The second kappa shape index (κ2) is 8.09. The number of benzene rings is 1. The summed E-state index contributed by atoms with van der Waals surface area (Å²) >= 11 is 0. The third kappa shape index (κ3) is 4.67. The van der Waals surface area contributed by atoms with Crippen LogP contribution in [-0.4, -0.2) is 39.3 Å². The molecule has 0 spiro atoms. The Morgan fingerprint density at radius 2 is 1.92 bits per heavy atom. The lowest BCUT2D eigenvalue weighted by atomic mass is 10.2. The smallest absolute Gasteiger partial charge is 0.274 e. The van der Waals surface area contributed by atoms with E-state index in [1.54, 1.807) is 6.26 Å². The molecular formula is C16H20N2O5S. The molecule has 2 rings (SSSR count). The van der Waals surface area contributed by atoms with E-state index in [1.165, 1.54) is 38.4 Å². The van der Waals surface area contributed by atoms with Gasteiger partial charge in [-0.3, -0.25) is 9.63 Å². The van der Waals surface area contributed by atoms with Crippen LogP contribution < -0.4 is 5.48 Å². The van der Waals surface area contributed by atoms with Gasteiger partial charge in [-0.2, -0.15) is 0 Å². The normalized spacial score (nSPS) is 11.6. The van der Waals surface area contributed by atoms with Gasteiger partial charge in [-0.1, -0.05) is 0 Å². The van der Waals surface area contributed by atoms with Gasteiger partial charge in [0.15, 0.2) is 0 Å². The number of hydrogen-bond donors (Lipinski definition) is 1. The number of aryl methyl sites for hydroxylation is 1. The number of furan rings is 1. The van der Waals surface area contributed by atoms with Gasteiger partial charge in [0.1, 0.15) is 5.76 Å². The van der Waals surface area contributed by atoms with Crippen molar-refractivity contribution in [1.29, 1.82) is 0 Å². The highest BCUT2D eigenvalue weighted by molar-refractivity contribution is 7.89. The maximum absolute atomic E-state index is 11.9. The van der Waals surface area contributed by atoms with E-state index in [0.717, 1.165) is 16.5 Å². The van der Waals surface area contributed by atoms with E-state index in [2.05, 4.69) is 5.48 Å². The minimum Gasteiger partial charge on any atom is -0.469 e. The monoisotopic (exact) mass is 352 g/mol. The van der Waals surface area contributed by atoms with E-state index in [-0.39, 0.29) is 4.90 Å². The molecule has 1 aromatic heterocycles. The predicted octanol–water partition coefficient (Wildman–Crippen LogP) is 1.82. The van der Waals surface area contributed by atoms with Crippen molar-refractivity contribution < 1.29 is 22.5 Å². The van der Waals surface area contributed by atoms with Gasteiger partial charge in [0.25, 0.3) is 5.91 Å². The molecule has 0 unspecified atom stereocenters. The summed E-state index contributed by atoms with van der Waals surface area (Å²) in [6.07, 6.45) is 3.03. The highest BCUT2D eigenvalue weighted by Crippen LogP contribution is 2.14. The summed E-state index contributed by atoms with van der Waals surface area (Å²) in [5, 5.41) is 0. The van der Waals surface area contributed by atoms with Crippen molar-refractivity contribution in [3.05, 3.63) is 54.0 Å². The fourth-order valence-corrected chi connectivity index (χ4v) is 2.84. The zero-order chi connectivity index (χ0) is 17.6. The molecule has 24 heavy (non-hydrogen) atoms. The lowest BCUT2D eigenvalue weighted by Gasteiger charge is -2.11. The minimum absolute atomic E-state index is 0.128. The Morgan fingerprint density at radius 1 is 1.21 bits per heavy atom. The topological polar surface area (TPSA) is 88.9 Å². The van der Waals surface area contributed by atoms with E-state index in [4.69, 9.17) is 9.25 Å². The minimum atomic E-state index is -3.50. The van der Waals surface area contributed by atoms with Crippen LogP contribution in [0, 0.1) is 0 Å². The summed E-state index contributed by atoms with van der Waals surface area (Å²) in [5.74, 6) is 0.435. The number of sulfonamides is 1. The summed E-state index contributed by atoms with van der Waals surface area (Å²) in [6.45, 7) is 0.347. The number of hydrogen-bond acceptors (Lipinski definition) is 5. The lowest BCUT2D eigenvalue weighted by Crippen LogP contribution is -2.25. The average Bonchev–Trinajstić information content (AvgIpc) is 3.07. The zero-order valence-corrected chi connectivity index (χ0v) is 14.4. The van der Waals surface area contributed by atoms with Gasteiger partial charge in [0.2, 0.25) is 10.0 Å². The zero-order valence-electron chi connectivity index (χ0n) is 13.6. The van der Waals surface area contributed by atoms with Crippen molar-refractivity contribution in [1.82, 2.24) is 9.79 Å². The van der Waals surface area contributed by atoms with E-state index in [1.807, 2.05) is 12.1 Å². The molecule has 1 heterocycles. The summed E-state index contributed by atoms with van der Waals surface area (Å²) in [4.78, 5) is 17.2. The Labute approximate surface area is 141 Å². The van der Waals surface area contributed by atoms with Gasteiger partial charge < -0.3 is 4.42 Å². The standard InChI is InChI=1S/C16H20N2O5S/c1-18(2)24(20,21)15-9-7-13(8-10-15)16(19)17-23-12-4-6-14-5-3-11-22-14/h3,5,7-11H,4,6,12H2,1-2H3,(H,17,19). The predicted molar refractivity (Wildman–Crippen MR) is 87.8 cm³/mol. The summed E-state index contributed by atoms with van der Waals surface area (Å²) in [6, 6.07) is 9.36. The van der Waals surface area contributed by atoms with Crippen LogP contribution in [0.15, 0.2) is 52.0 Å². The molecule has 0 bridgehead atoms. The van der Waals surface area contributed by atoms with E-state index in [9.17, 15) is 13.2 Å². The van der Waals surface area contributed by atoms with Crippen LogP contribution in [0.2, 0.25) is 0 Å². The maximum Gasteiger partial charge on any atom is 0.274 e. The molecule has 0 atom stereocenters. The largest absolute Gasteiger partial charge is 0.469 e. The Morgan fingerprint density at radius 3 is 2.50 bits per heavy atom. The molecule has 0 saturated heterocycles. The number of nitrogens with zero attached hydrogens (tertiary/aromatic N) is 1. The van der Waals surface area contributed by atoms with Gasteiger partial charge in [0.05, 0.1) is 17.8 Å². The third-order valence-electron chi connectivity index (χ3n) is 3.31. The first-order valence-electron chi connectivity index (χ1n) is 7.38. The van der Waals surface area contributed by atoms with Gasteiger partial charge in [0, 0.05) is 26.1 Å². The number of carbonyl (C=O) groups excluding carboxylic acids is 1. The van der Waals surface area contributed by atoms with Gasteiger partial charge in [-0.05, 0) is 42.8 Å². The molecule has 2 aromatic rings. The second-order valence-corrected chi connectivity index (χ2v) is 7.43. The Bertz CT molecular complexity index is 752. The van der Waals surface area contributed by atoms with Crippen LogP contribution in [0.5, 0.6) is 0 Å². The molecule has 130 valence electrons. The van der Waals surface area contributed by atoms with Crippen molar-refractivity contribution in [2.24, 2.45) is 0 Å². The summed E-state index contributed by atoms with van der Waals surface area (Å²) in [7, 11) is -0.602. The van der Waals surface area contributed by atoms with Crippen molar-refractivity contribution in [2.75, 3.05) is 20.7 Å². The van der Waals surface area contributed by atoms with Crippen LogP contribution >= 0.6 is 0 Å². The molecule has 1 amide bonds. The van der Waals surface area contributed by atoms with E-state index >= 15 is 0 Å². The third-order valence-corrected chi connectivity index (χ3v) is 5.14. The molecule has 0 aliphatic rings. The molecule has 1 N–H and O–H groups in total. The number of carbonyl (C=O) groups is 1. The highest BCUT2D eigenvalue weighted by Gasteiger charge is 2.17. The van der Waals surface area contributed by atoms with Crippen molar-refractivity contribution in [3.8, 4) is 0 Å². The first-order chi connectivity index (χ1) is 11.4. The first kappa shape index (κ1) is 18.2. The van der Waals surface area contributed by atoms with Gasteiger partial charge in [-0.15, -0.1) is 0 Å². The van der Waals surface area contributed by atoms with Crippen molar-refractivity contribution in [2.45, 2.75) is 17.7 Å². The first-order valence-corrected chi connectivity index (χ1v) is 8.82. The Balaban J connectivity index is 1.80. The molecule has 0 aliphatic carbocycles. The molecule has 0 aliphatic heterocycles. The second-order valence-electron chi connectivity index (χ2n) is 5.27. The summed E-state index contributed by atoms with van der Waals surface area (Å²) in [5.41, 5.74) is 2.65. The van der Waals surface area contributed by atoms with Crippen LogP contribution in [0.4, 0.5) is 0 Å². The van der Waals surface area contributed by atoms with Crippen LogP contribution in [0.3, 0.4) is 0 Å². The average molecular weight is 352 g/mol. The molecule has 0 saturated carbocycles. The van der Waals surface area contributed by atoms with Crippen molar-refractivity contribution >= 4 is 15.9 Å². The van der Waals surface area contributed by atoms with Crippen LogP contribution in [0.1, 0.15) is 22.5 Å². The molecular weight excluding hydrogens is 332 g/mol. The Hall–Kier alpha value is -2.16. The van der Waals surface area contributed by atoms with Gasteiger partial charge >= 0.3 is 0 Å². The summed E-state index contributed by atoms with van der Waals surface area (Å²) < 4.78 is 30.2. The Kier molecular flexibility index (Phi) is 6.13. The number of nitrogens with one attached hydrogen (secondary N) is 1. The maximum atomic E-state index is 11.9. The SMILES string of the molecule is CN(C)S(=O)(=O)c1ccc(C(=O)NOCCCc2ccco2)cc1. The number of hydroxylamine groups is 1. The van der Waals surface area contributed by atoms with Crippen LogP contribution in [0.25, 0.3) is 0 Å². The molecule has 1 aromatic carbocycles. The molecule has 7 nitrogen and oxygen atoms in total. The molecule has 0 radical (unpaired) electrons. The number of rotatable bonds is 8. The van der Waals surface area contributed by atoms with E-state index in [0.29, 0.717) is 18.6 Å².